The summed E-state index contributed by atoms with van der Waals surface area (Å²) < 4.78 is 5.74. The highest BCUT2D eigenvalue weighted by Crippen LogP contribution is 2.19. The first-order valence-corrected chi connectivity index (χ1v) is 8.71. The molecular weight excluding hydrogens is 318 g/mol. The van der Waals surface area contributed by atoms with Gasteiger partial charge in [-0.2, -0.15) is 0 Å². The van der Waals surface area contributed by atoms with Gasteiger partial charge in [-0.3, -0.25) is 4.79 Å². The molecule has 122 valence electrons. The lowest BCUT2D eigenvalue weighted by atomic mass is 10.2. The lowest BCUT2D eigenvalue weighted by Crippen LogP contribution is -2.25. The molecule has 0 aliphatic rings. The van der Waals surface area contributed by atoms with Crippen molar-refractivity contribution >= 4 is 17.2 Å². The fraction of sp³-hybridized carbons (Fsp3) is 0.150. The molecule has 0 aliphatic heterocycles. The number of thiophene rings is 1. The van der Waals surface area contributed by atoms with Crippen molar-refractivity contribution in [3.63, 3.8) is 0 Å². The maximum atomic E-state index is 12.3. The van der Waals surface area contributed by atoms with Crippen LogP contribution in [-0.4, -0.2) is 5.91 Å². The lowest BCUT2D eigenvalue weighted by molar-refractivity contribution is 0.0940. The predicted octanol–water partition coefficient (Wildman–Crippen LogP) is 4.82. The SMILES string of the molecule is C[C@H](NC(=O)c1ccc(OCc2ccccc2)cc1)c1cccs1. The van der Waals surface area contributed by atoms with Crippen LogP contribution in [0.5, 0.6) is 5.75 Å². The normalized spacial score (nSPS) is 11.7. The quantitative estimate of drug-likeness (QED) is 0.700. The average molecular weight is 337 g/mol. The van der Waals surface area contributed by atoms with Gasteiger partial charge in [0.2, 0.25) is 0 Å². The number of benzene rings is 2. The van der Waals surface area contributed by atoms with Gasteiger partial charge in [-0.05, 0) is 48.2 Å². The van der Waals surface area contributed by atoms with Crippen molar-refractivity contribution in [2.24, 2.45) is 0 Å². The lowest BCUT2D eigenvalue weighted by Gasteiger charge is -2.12. The highest BCUT2D eigenvalue weighted by Gasteiger charge is 2.12. The second kappa shape index (κ2) is 7.79. The topological polar surface area (TPSA) is 38.3 Å². The van der Waals surface area contributed by atoms with Crippen LogP contribution in [-0.2, 0) is 6.61 Å². The number of nitrogens with one attached hydrogen (secondary N) is 1. The molecule has 2 aromatic carbocycles. The Kier molecular flexibility index (Phi) is 5.29. The Morgan fingerprint density at radius 3 is 2.46 bits per heavy atom. The van der Waals surface area contributed by atoms with Crippen LogP contribution in [0.2, 0.25) is 0 Å². The van der Waals surface area contributed by atoms with E-state index in [-0.39, 0.29) is 11.9 Å². The molecule has 0 radical (unpaired) electrons. The second-order valence-corrected chi connectivity index (χ2v) is 6.49. The van der Waals surface area contributed by atoms with Gasteiger partial charge in [-0.25, -0.2) is 0 Å². The van der Waals surface area contributed by atoms with E-state index in [0.717, 1.165) is 16.2 Å². The molecule has 24 heavy (non-hydrogen) atoms. The van der Waals surface area contributed by atoms with Crippen LogP contribution in [0.1, 0.15) is 33.8 Å². The first-order valence-electron chi connectivity index (χ1n) is 7.83. The summed E-state index contributed by atoms with van der Waals surface area (Å²) in [6.07, 6.45) is 0. The van der Waals surface area contributed by atoms with Crippen LogP contribution >= 0.6 is 11.3 Å². The molecule has 3 aromatic rings. The highest BCUT2D eigenvalue weighted by atomic mass is 32.1. The minimum Gasteiger partial charge on any atom is -0.489 e. The molecule has 1 N–H and O–H groups in total. The molecule has 3 nitrogen and oxygen atoms in total. The summed E-state index contributed by atoms with van der Waals surface area (Å²) in [5, 5.41) is 5.02. The molecule has 0 unspecified atom stereocenters. The standard InChI is InChI=1S/C20H19NO2S/c1-15(19-8-5-13-24-19)21-20(22)17-9-11-18(12-10-17)23-14-16-6-3-2-4-7-16/h2-13,15H,14H2,1H3,(H,21,22)/t15-/m0/s1. The van der Waals surface area contributed by atoms with Crippen molar-refractivity contribution in [3.8, 4) is 5.75 Å². The van der Waals surface area contributed by atoms with Gasteiger partial charge in [0.05, 0.1) is 6.04 Å². The van der Waals surface area contributed by atoms with Crippen molar-refractivity contribution < 1.29 is 9.53 Å². The molecule has 0 fully saturated rings. The molecule has 1 atom stereocenters. The Labute approximate surface area is 145 Å². The maximum absolute atomic E-state index is 12.3. The van der Waals surface area contributed by atoms with Crippen LogP contribution in [0.4, 0.5) is 0 Å². The van der Waals surface area contributed by atoms with Crippen LogP contribution in [0.3, 0.4) is 0 Å². The van der Waals surface area contributed by atoms with Crippen molar-refractivity contribution in [1.82, 2.24) is 5.32 Å². The van der Waals surface area contributed by atoms with E-state index in [0.29, 0.717) is 12.2 Å². The Bertz CT molecular complexity index is 767. The predicted molar refractivity (Wildman–Crippen MR) is 97.4 cm³/mol. The summed E-state index contributed by atoms with van der Waals surface area (Å²) in [6, 6.07) is 21.2. The minimum absolute atomic E-state index is 0.00603. The number of hydrogen-bond donors (Lipinski definition) is 1. The monoisotopic (exact) mass is 337 g/mol. The van der Waals surface area contributed by atoms with E-state index in [9.17, 15) is 4.79 Å². The van der Waals surface area contributed by atoms with Crippen molar-refractivity contribution in [3.05, 3.63) is 88.1 Å². The average Bonchev–Trinajstić information content (AvgIpc) is 3.16. The van der Waals surface area contributed by atoms with Gasteiger partial charge in [0.15, 0.2) is 0 Å². The van der Waals surface area contributed by atoms with Gasteiger partial charge < -0.3 is 10.1 Å². The molecule has 0 bridgehead atoms. The zero-order valence-corrected chi connectivity index (χ0v) is 14.3. The van der Waals surface area contributed by atoms with E-state index >= 15 is 0 Å². The molecule has 3 rings (SSSR count). The molecule has 0 saturated carbocycles. The van der Waals surface area contributed by atoms with Crippen molar-refractivity contribution in [2.75, 3.05) is 0 Å². The van der Waals surface area contributed by atoms with Crippen molar-refractivity contribution in [2.45, 2.75) is 19.6 Å². The van der Waals surface area contributed by atoms with Gasteiger partial charge >= 0.3 is 0 Å². The largest absolute Gasteiger partial charge is 0.489 e. The fourth-order valence-electron chi connectivity index (χ4n) is 2.33. The Morgan fingerprint density at radius 1 is 1.04 bits per heavy atom. The Hall–Kier alpha value is -2.59. The van der Waals surface area contributed by atoms with E-state index in [4.69, 9.17) is 4.74 Å². The van der Waals surface area contributed by atoms with E-state index in [1.165, 1.54) is 0 Å². The molecule has 0 aliphatic carbocycles. The third kappa shape index (κ3) is 4.24. The van der Waals surface area contributed by atoms with Gasteiger partial charge in [0.1, 0.15) is 12.4 Å². The van der Waals surface area contributed by atoms with Crippen LogP contribution in [0.15, 0.2) is 72.1 Å². The number of carbonyl (C=O) groups is 1. The molecule has 1 amide bonds. The number of rotatable bonds is 6. The molecule has 0 spiro atoms. The summed E-state index contributed by atoms with van der Waals surface area (Å²) in [6.45, 7) is 2.50. The zero-order chi connectivity index (χ0) is 16.8. The molecule has 1 heterocycles. The number of hydrogen-bond acceptors (Lipinski definition) is 3. The summed E-state index contributed by atoms with van der Waals surface area (Å²) in [7, 11) is 0. The van der Waals surface area contributed by atoms with Crippen LogP contribution in [0.25, 0.3) is 0 Å². The maximum Gasteiger partial charge on any atom is 0.251 e. The zero-order valence-electron chi connectivity index (χ0n) is 13.4. The summed E-state index contributed by atoms with van der Waals surface area (Å²) in [4.78, 5) is 13.4. The third-order valence-corrected chi connectivity index (χ3v) is 4.74. The third-order valence-electron chi connectivity index (χ3n) is 3.68. The molecule has 0 saturated heterocycles. The van der Waals surface area contributed by atoms with Gasteiger partial charge in [-0.1, -0.05) is 36.4 Å². The summed E-state index contributed by atoms with van der Waals surface area (Å²) >= 11 is 1.64. The van der Waals surface area contributed by atoms with Crippen LogP contribution in [0, 0.1) is 0 Å². The smallest absolute Gasteiger partial charge is 0.251 e. The molecular formula is C20H19NO2S. The van der Waals surface area contributed by atoms with E-state index in [1.807, 2.05) is 66.9 Å². The van der Waals surface area contributed by atoms with E-state index < -0.39 is 0 Å². The van der Waals surface area contributed by atoms with Gasteiger partial charge in [0, 0.05) is 10.4 Å². The van der Waals surface area contributed by atoms with Gasteiger partial charge in [-0.15, -0.1) is 11.3 Å². The first kappa shape index (κ1) is 16.3. The summed E-state index contributed by atoms with van der Waals surface area (Å²) in [5.41, 5.74) is 1.74. The number of ether oxygens (including phenoxy) is 1. The fourth-order valence-corrected chi connectivity index (χ4v) is 3.07. The van der Waals surface area contributed by atoms with E-state index in [2.05, 4.69) is 5.32 Å². The van der Waals surface area contributed by atoms with Crippen LogP contribution < -0.4 is 10.1 Å². The Balaban J connectivity index is 1.56. The number of amides is 1. The first-order chi connectivity index (χ1) is 11.7. The van der Waals surface area contributed by atoms with Crippen molar-refractivity contribution in [1.29, 1.82) is 0 Å². The second-order valence-electron chi connectivity index (χ2n) is 5.51. The molecule has 1 aromatic heterocycles. The van der Waals surface area contributed by atoms with E-state index in [1.54, 1.807) is 23.5 Å². The Morgan fingerprint density at radius 2 is 1.79 bits per heavy atom. The minimum atomic E-state index is -0.0782. The molecule has 4 heteroatoms. The highest BCUT2D eigenvalue weighted by molar-refractivity contribution is 7.10. The summed E-state index contributed by atoms with van der Waals surface area (Å²) in [5.74, 6) is 0.673. The number of carbonyl (C=O) groups excluding carboxylic acids is 1. The van der Waals surface area contributed by atoms with Gasteiger partial charge in [0.25, 0.3) is 5.91 Å².